The van der Waals surface area contributed by atoms with Crippen LogP contribution in [0.1, 0.15) is 38.9 Å². The molecule has 2 rings (SSSR count). The molecule has 0 aliphatic carbocycles. The average molecular weight is 367 g/mol. The number of ether oxygens (including phenoxy) is 1. The van der Waals surface area contributed by atoms with E-state index < -0.39 is 0 Å². The van der Waals surface area contributed by atoms with E-state index in [9.17, 15) is 4.79 Å². The maximum Gasteiger partial charge on any atom is 0.130 e. The van der Waals surface area contributed by atoms with Gasteiger partial charge in [-0.25, -0.2) is 0 Å². The lowest BCUT2D eigenvalue weighted by atomic mass is 10.1. The molecule has 6 heteroatoms. The van der Waals surface area contributed by atoms with E-state index in [4.69, 9.17) is 16.2 Å². The highest BCUT2D eigenvalue weighted by Crippen LogP contribution is 2.28. The minimum Gasteiger partial charge on any atom is -0.368 e. The summed E-state index contributed by atoms with van der Waals surface area (Å²) < 4.78 is 5.09. The van der Waals surface area contributed by atoms with Gasteiger partial charge in [0, 0.05) is 45.7 Å². The fourth-order valence-electron chi connectivity index (χ4n) is 2.11. The summed E-state index contributed by atoms with van der Waals surface area (Å²) in [6.07, 6.45) is 1.13. The predicted octanol–water partition coefficient (Wildman–Crippen LogP) is 1.46. The van der Waals surface area contributed by atoms with Crippen molar-refractivity contribution >= 4 is 5.78 Å². The molecule has 1 fully saturated rings. The zero-order valence-corrected chi connectivity index (χ0v) is 16.7. The van der Waals surface area contributed by atoms with Crippen LogP contribution in [0.25, 0.3) is 0 Å². The molecule has 1 unspecified atom stereocenters. The van der Waals surface area contributed by atoms with Crippen molar-refractivity contribution in [3.05, 3.63) is 35.9 Å². The molecule has 1 aliphatic rings. The molecule has 1 aromatic rings. The molecule has 150 valence electrons. The topological polar surface area (TPSA) is 106 Å². The molecule has 0 aromatic heterocycles. The molecule has 0 bridgehead atoms. The molecule has 6 nitrogen and oxygen atoms in total. The van der Waals surface area contributed by atoms with E-state index in [0.29, 0.717) is 25.1 Å². The van der Waals surface area contributed by atoms with E-state index in [0.717, 1.165) is 39.2 Å². The second-order valence-corrected chi connectivity index (χ2v) is 6.61. The van der Waals surface area contributed by atoms with Crippen molar-refractivity contribution in [1.29, 1.82) is 0 Å². The second-order valence-electron chi connectivity index (χ2n) is 6.61. The van der Waals surface area contributed by atoms with Crippen LogP contribution in [0.2, 0.25) is 0 Å². The van der Waals surface area contributed by atoms with Gasteiger partial charge >= 0.3 is 0 Å². The van der Waals surface area contributed by atoms with E-state index >= 15 is 0 Å². The lowest BCUT2D eigenvalue weighted by Gasteiger charge is -2.03. The molecule has 1 atom stereocenters. The Morgan fingerprint density at radius 2 is 1.58 bits per heavy atom. The SMILES string of the molecule is CC(=O)CC(C)C.NCCNCCNCCN.c1ccc(C2CO2)cc1. The van der Waals surface area contributed by atoms with E-state index in [-0.39, 0.29) is 5.78 Å². The van der Waals surface area contributed by atoms with Gasteiger partial charge in [0.05, 0.1) is 6.61 Å². The molecule has 6 N–H and O–H groups in total. The lowest BCUT2D eigenvalue weighted by Crippen LogP contribution is -2.32. The van der Waals surface area contributed by atoms with Crippen LogP contribution >= 0.6 is 0 Å². The molecule has 0 saturated carbocycles. The van der Waals surface area contributed by atoms with Crippen molar-refractivity contribution in [3.8, 4) is 0 Å². The first-order chi connectivity index (χ1) is 12.5. The third kappa shape index (κ3) is 17.5. The summed E-state index contributed by atoms with van der Waals surface area (Å²) in [5.41, 5.74) is 11.8. The number of rotatable bonds is 10. The zero-order valence-electron chi connectivity index (χ0n) is 16.7. The number of ketones is 1. The van der Waals surface area contributed by atoms with Gasteiger partial charge in [0.1, 0.15) is 11.9 Å². The van der Waals surface area contributed by atoms with Gasteiger partial charge in [-0.3, -0.25) is 0 Å². The van der Waals surface area contributed by atoms with Gasteiger partial charge in [-0.1, -0.05) is 44.2 Å². The Hall–Kier alpha value is -1.31. The van der Waals surface area contributed by atoms with Crippen LogP contribution < -0.4 is 22.1 Å². The smallest absolute Gasteiger partial charge is 0.130 e. The Morgan fingerprint density at radius 1 is 1.08 bits per heavy atom. The maximum atomic E-state index is 10.3. The summed E-state index contributed by atoms with van der Waals surface area (Å²) in [5.74, 6) is 0.813. The number of benzene rings is 1. The van der Waals surface area contributed by atoms with Crippen LogP contribution in [-0.4, -0.2) is 51.7 Å². The molecular weight excluding hydrogens is 328 g/mol. The van der Waals surface area contributed by atoms with Gasteiger partial charge in [0.2, 0.25) is 0 Å². The highest BCUT2D eigenvalue weighted by atomic mass is 16.6. The fraction of sp³-hybridized carbons (Fsp3) is 0.650. The fourth-order valence-corrected chi connectivity index (χ4v) is 2.11. The van der Waals surface area contributed by atoms with Crippen LogP contribution in [0, 0.1) is 5.92 Å². The summed E-state index contributed by atoms with van der Waals surface area (Å²) >= 11 is 0. The Labute approximate surface area is 159 Å². The Balaban J connectivity index is 0.000000367. The lowest BCUT2D eigenvalue weighted by molar-refractivity contribution is -0.117. The quantitative estimate of drug-likeness (QED) is 0.369. The average Bonchev–Trinajstić information content (AvgIpc) is 3.44. The molecule has 1 aromatic carbocycles. The number of nitrogens with one attached hydrogen (secondary N) is 2. The van der Waals surface area contributed by atoms with Gasteiger partial charge in [0.15, 0.2) is 0 Å². The zero-order chi connectivity index (χ0) is 19.6. The Bertz CT molecular complexity index is 429. The number of hydrogen-bond acceptors (Lipinski definition) is 6. The molecular formula is C20H38N4O2. The van der Waals surface area contributed by atoms with Crippen molar-refractivity contribution in [3.63, 3.8) is 0 Å². The van der Waals surface area contributed by atoms with E-state index in [2.05, 4.69) is 22.8 Å². The number of epoxide rings is 1. The molecule has 0 amide bonds. The number of carbonyl (C=O) groups excluding carboxylic acids is 1. The first-order valence-corrected chi connectivity index (χ1v) is 9.48. The number of hydrogen-bond donors (Lipinski definition) is 4. The van der Waals surface area contributed by atoms with E-state index in [1.165, 1.54) is 5.56 Å². The van der Waals surface area contributed by atoms with Crippen molar-refractivity contribution in [2.45, 2.75) is 33.3 Å². The summed E-state index contributed by atoms with van der Waals surface area (Å²) in [6, 6.07) is 10.3. The largest absolute Gasteiger partial charge is 0.368 e. The molecule has 1 saturated heterocycles. The van der Waals surface area contributed by atoms with Crippen LogP contribution in [-0.2, 0) is 9.53 Å². The summed E-state index contributed by atoms with van der Waals surface area (Å²) in [5, 5.41) is 6.33. The van der Waals surface area contributed by atoms with Crippen LogP contribution in [0.4, 0.5) is 0 Å². The monoisotopic (exact) mass is 366 g/mol. The molecule has 26 heavy (non-hydrogen) atoms. The first-order valence-electron chi connectivity index (χ1n) is 9.48. The molecule has 1 aliphatic heterocycles. The van der Waals surface area contributed by atoms with Gasteiger partial charge in [-0.05, 0) is 18.4 Å². The maximum absolute atomic E-state index is 10.3. The van der Waals surface area contributed by atoms with Gasteiger partial charge in [0.25, 0.3) is 0 Å². The number of Topliss-reactive ketones (excluding diaryl/α,β-unsaturated/α-hetero) is 1. The van der Waals surface area contributed by atoms with Crippen molar-refractivity contribution < 1.29 is 9.53 Å². The minimum atomic E-state index is 0.287. The van der Waals surface area contributed by atoms with Crippen molar-refractivity contribution in [2.24, 2.45) is 17.4 Å². The van der Waals surface area contributed by atoms with Crippen LogP contribution in [0.15, 0.2) is 30.3 Å². The molecule has 1 heterocycles. The number of carbonyl (C=O) groups is 1. The first kappa shape index (κ1) is 24.7. The third-order valence-corrected chi connectivity index (χ3v) is 3.32. The Kier molecular flexibility index (Phi) is 16.3. The minimum absolute atomic E-state index is 0.287. The number of nitrogens with two attached hydrogens (primary N) is 2. The van der Waals surface area contributed by atoms with Gasteiger partial charge in [-0.2, -0.15) is 0 Å². The molecule has 0 spiro atoms. The summed E-state index contributed by atoms with van der Waals surface area (Å²) in [4.78, 5) is 10.3. The third-order valence-electron chi connectivity index (χ3n) is 3.32. The highest BCUT2D eigenvalue weighted by molar-refractivity contribution is 5.75. The second kappa shape index (κ2) is 17.1. The predicted molar refractivity (Wildman–Crippen MR) is 109 cm³/mol. The normalized spacial score (nSPS) is 14.8. The summed E-state index contributed by atoms with van der Waals surface area (Å²) in [6.45, 7) is 11.8. The van der Waals surface area contributed by atoms with E-state index in [1.54, 1.807) is 6.92 Å². The molecule has 0 radical (unpaired) electrons. The van der Waals surface area contributed by atoms with Gasteiger partial charge < -0.3 is 31.6 Å². The highest BCUT2D eigenvalue weighted by Gasteiger charge is 2.23. The standard InChI is InChI=1S/C8H8O.C6H18N4.C6H12O/c1-2-4-7(5-3-1)8-6-9-8;7-1-3-9-5-6-10-4-2-8;1-5(2)4-6(3)7/h1-5,8H,6H2;9-10H,1-8H2;5H,4H2,1-3H3. The van der Waals surface area contributed by atoms with E-state index in [1.807, 2.05) is 32.0 Å². The van der Waals surface area contributed by atoms with Crippen LogP contribution in [0.3, 0.4) is 0 Å². The van der Waals surface area contributed by atoms with Gasteiger partial charge in [-0.15, -0.1) is 0 Å². The van der Waals surface area contributed by atoms with Crippen molar-refractivity contribution in [2.75, 3.05) is 45.9 Å². The Morgan fingerprint density at radius 3 is 1.88 bits per heavy atom. The van der Waals surface area contributed by atoms with Crippen LogP contribution in [0.5, 0.6) is 0 Å². The summed E-state index contributed by atoms with van der Waals surface area (Å²) in [7, 11) is 0. The van der Waals surface area contributed by atoms with Crippen molar-refractivity contribution in [1.82, 2.24) is 10.6 Å².